The summed E-state index contributed by atoms with van der Waals surface area (Å²) in [6.07, 6.45) is 1.80. The number of hydrogen-bond acceptors (Lipinski definition) is 5. The van der Waals surface area contributed by atoms with Crippen molar-refractivity contribution in [1.29, 1.82) is 0 Å². The van der Waals surface area contributed by atoms with Gasteiger partial charge in [-0.3, -0.25) is 14.4 Å². The second-order valence-corrected chi connectivity index (χ2v) is 8.18. The van der Waals surface area contributed by atoms with E-state index in [0.29, 0.717) is 28.6 Å². The molecule has 0 spiro atoms. The first-order valence-corrected chi connectivity index (χ1v) is 10.3. The smallest absolute Gasteiger partial charge is 0.265 e. The number of amides is 3. The van der Waals surface area contributed by atoms with Gasteiger partial charge in [0.15, 0.2) is 5.13 Å². The summed E-state index contributed by atoms with van der Waals surface area (Å²) in [5.74, 6) is -1.29. The largest absolute Gasteiger partial charge is 0.364 e. The van der Waals surface area contributed by atoms with E-state index in [2.05, 4.69) is 15.3 Å². The summed E-state index contributed by atoms with van der Waals surface area (Å²) in [7, 11) is 0. The summed E-state index contributed by atoms with van der Waals surface area (Å²) in [5, 5.41) is 5.03. The molecule has 1 saturated heterocycles. The molecule has 1 unspecified atom stereocenters. The van der Waals surface area contributed by atoms with Crippen molar-refractivity contribution in [2.24, 2.45) is 11.7 Å². The summed E-state index contributed by atoms with van der Waals surface area (Å²) in [6.45, 7) is 4.32. The van der Waals surface area contributed by atoms with Gasteiger partial charge >= 0.3 is 0 Å². The number of nitrogens with two attached hydrogens (primary N) is 1. The third-order valence-corrected chi connectivity index (χ3v) is 6.10. The summed E-state index contributed by atoms with van der Waals surface area (Å²) in [5.41, 5.74) is 9.87. The van der Waals surface area contributed by atoms with E-state index in [4.69, 9.17) is 5.73 Å². The maximum atomic E-state index is 12.7. The van der Waals surface area contributed by atoms with Crippen LogP contribution < -0.4 is 16.0 Å². The molecule has 4 N–H and O–H groups in total. The van der Waals surface area contributed by atoms with Crippen molar-refractivity contribution in [3.8, 4) is 11.3 Å². The van der Waals surface area contributed by atoms with Gasteiger partial charge in [0, 0.05) is 35.8 Å². The number of aromatic nitrogens is 2. The highest BCUT2D eigenvalue weighted by atomic mass is 32.1. The number of carbonyl (C=O) groups is 3. The second kappa shape index (κ2) is 7.75. The molecule has 154 valence electrons. The molecule has 3 aromatic rings. The van der Waals surface area contributed by atoms with Gasteiger partial charge in [-0.2, -0.15) is 0 Å². The predicted octanol–water partition coefficient (Wildman–Crippen LogP) is 2.85. The average molecular weight is 423 g/mol. The fourth-order valence-electron chi connectivity index (χ4n) is 3.50. The summed E-state index contributed by atoms with van der Waals surface area (Å²) < 4.78 is 0. The van der Waals surface area contributed by atoms with Crippen LogP contribution in [0.2, 0.25) is 0 Å². The van der Waals surface area contributed by atoms with Gasteiger partial charge in [0.2, 0.25) is 11.8 Å². The van der Waals surface area contributed by atoms with Crippen LogP contribution in [0.1, 0.15) is 28.0 Å². The molecule has 2 aromatic heterocycles. The van der Waals surface area contributed by atoms with E-state index in [1.807, 2.05) is 32.0 Å². The van der Waals surface area contributed by atoms with Gasteiger partial charge in [-0.25, -0.2) is 4.98 Å². The lowest BCUT2D eigenvalue weighted by Gasteiger charge is -2.20. The fourth-order valence-corrected chi connectivity index (χ4v) is 4.22. The maximum absolute atomic E-state index is 12.7. The molecule has 4 rings (SSSR count). The van der Waals surface area contributed by atoms with E-state index in [1.165, 1.54) is 11.3 Å². The first kappa shape index (κ1) is 19.8. The number of aromatic amines is 1. The highest BCUT2D eigenvalue weighted by Crippen LogP contribution is 2.31. The molecule has 9 heteroatoms. The minimum atomic E-state index is -0.552. The molecule has 1 atom stereocenters. The molecule has 3 amide bonds. The number of aryl methyl sites for hydroxylation is 1. The summed E-state index contributed by atoms with van der Waals surface area (Å²) in [6, 6.07) is 7.44. The molecule has 8 nitrogen and oxygen atoms in total. The number of rotatable bonds is 5. The lowest BCUT2D eigenvalue weighted by molar-refractivity contribution is -0.122. The molecule has 0 bridgehead atoms. The normalized spacial score (nSPS) is 16.1. The second-order valence-electron chi connectivity index (χ2n) is 7.32. The Balaban J connectivity index is 1.44. The quantitative estimate of drug-likeness (QED) is 0.584. The third-order valence-electron chi connectivity index (χ3n) is 5.34. The van der Waals surface area contributed by atoms with E-state index < -0.39 is 11.8 Å². The van der Waals surface area contributed by atoms with Crippen LogP contribution in [0.4, 0.5) is 10.8 Å². The average Bonchev–Trinajstić information content (AvgIpc) is 3.43. The first-order valence-electron chi connectivity index (χ1n) is 9.45. The minimum absolute atomic E-state index is 0.0602. The number of carbonyl (C=O) groups excluding carboxylic acids is 3. The number of thiazole rings is 1. The topological polar surface area (TPSA) is 121 Å². The Hall–Kier alpha value is -3.46. The van der Waals surface area contributed by atoms with Crippen molar-refractivity contribution in [2.75, 3.05) is 16.8 Å². The van der Waals surface area contributed by atoms with Crippen LogP contribution in [-0.4, -0.2) is 34.2 Å². The van der Waals surface area contributed by atoms with Gasteiger partial charge in [-0.1, -0.05) is 12.1 Å². The zero-order chi connectivity index (χ0) is 21.4. The summed E-state index contributed by atoms with van der Waals surface area (Å²) in [4.78, 5) is 45.4. The number of hydrogen-bond donors (Lipinski definition) is 3. The molecule has 30 heavy (non-hydrogen) atoms. The number of H-pyrrole nitrogens is 1. The lowest BCUT2D eigenvalue weighted by Crippen LogP contribution is -2.28. The van der Waals surface area contributed by atoms with Crippen LogP contribution in [0.25, 0.3) is 11.3 Å². The standard InChI is InChI=1S/C21H21N5O3S/c1-11-4-3-5-17(12(11)2)26-9-14(7-18(26)27)20(29)25-21-24-16(10-30-21)13-6-15(19(22)28)23-8-13/h3-6,8,10,14,23H,7,9H2,1-2H3,(H2,22,28)(H,24,25,29). The predicted molar refractivity (Wildman–Crippen MR) is 115 cm³/mol. The SMILES string of the molecule is Cc1cccc(N2CC(C(=O)Nc3nc(-c4c[nH]c(C(N)=O)c4)cs3)CC2=O)c1C. The molecule has 3 heterocycles. The Morgan fingerprint density at radius 2 is 2.13 bits per heavy atom. The van der Waals surface area contributed by atoms with E-state index in [0.717, 1.165) is 16.8 Å². The number of primary amides is 1. The van der Waals surface area contributed by atoms with E-state index in [1.54, 1.807) is 22.5 Å². The zero-order valence-electron chi connectivity index (χ0n) is 16.6. The van der Waals surface area contributed by atoms with Crippen molar-refractivity contribution >= 4 is 39.9 Å². The van der Waals surface area contributed by atoms with Gasteiger partial charge in [-0.05, 0) is 37.1 Å². The molecule has 1 fully saturated rings. The number of nitrogens with one attached hydrogen (secondary N) is 2. The maximum Gasteiger partial charge on any atom is 0.265 e. The number of benzene rings is 1. The Morgan fingerprint density at radius 1 is 1.33 bits per heavy atom. The molecule has 0 saturated carbocycles. The van der Waals surface area contributed by atoms with Gasteiger partial charge in [-0.15, -0.1) is 11.3 Å². The number of anilines is 2. The van der Waals surface area contributed by atoms with Crippen LogP contribution in [0.15, 0.2) is 35.8 Å². The van der Waals surface area contributed by atoms with Crippen LogP contribution in [0.3, 0.4) is 0 Å². The third kappa shape index (κ3) is 3.71. The summed E-state index contributed by atoms with van der Waals surface area (Å²) >= 11 is 1.28. The van der Waals surface area contributed by atoms with E-state index >= 15 is 0 Å². The number of nitrogens with zero attached hydrogens (tertiary/aromatic N) is 2. The van der Waals surface area contributed by atoms with Crippen LogP contribution >= 0.6 is 11.3 Å². The lowest BCUT2D eigenvalue weighted by atomic mass is 10.1. The van der Waals surface area contributed by atoms with E-state index in [9.17, 15) is 14.4 Å². The molecule has 1 aliphatic rings. The molecule has 1 aliphatic heterocycles. The van der Waals surface area contributed by atoms with Crippen molar-refractivity contribution in [1.82, 2.24) is 9.97 Å². The van der Waals surface area contributed by atoms with Crippen LogP contribution in [0, 0.1) is 19.8 Å². The van der Waals surface area contributed by atoms with Gasteiger partial charge < -0.3 is 20.9 Å². The van der Waals surface area contributed by atoms with Crippen LogP contribution in [-0.2, 0) is 9.59 Å². The Bertz CT molecular complexity index is 1150. The van der Waals surface area contributed by atoms with Crippen molar-refractivity contribution in [3.63, 3.8) is 0 Å². The van der Waals surface area contributed by atoms with Crippen molar-refractivity contribution in [3.05, 3.63) is 52.7 Å². The highest BCUT2D eigenvalue weighted by molar-refractivity contribution is 7.14. The first-order chi connectivity index (χ1) is 14.3. The zero-order valence-corrected chi connectivity index (χ0v) is 17.4. The highest BCUT2D eigenvalue weighted by Gasteiger charge is 2.36. The van der Waals surface area contributed by atoms with Gasteiger partial charge in [0.05, 0.1) is 11.6 Å². The Labute approximate surface area is 177 Å². The monoisotopic (exact) mass is 423 g/mol. The van der Waals surface area contributed by atoms with Gasteiger partial charge in [0.1, 0.15) is 5.69 Å². The van der Waals surface area contributed by atoms with Crippen molar-refractivity contribution in [2.45, 2.75) is 20.3 Å². The minimum Gasteiger partial charge on any atom is -0.364 e. The fraction of sp³-hybridized carbons (Fsp3) is 0.238. The molecule has 0 radical (unpaired) electrons. The van der Waals surface area contributed by atoms with Crippen molar-refractivity contribution < 1.29 is 14.4 Å². The Morgan fingerprint density at radius 3 is 2.87 bits per heavy atom. The van der Waals surface area contributed by atoms with Crippen LogP contribution in [0.5, 0.6) is 0 Å². The Kier molecular flexibility index (Phi) is 5.13. The molecule has 0 aliphatic carbocycles. The molecular weight excluding hydrogens is 402 g/mol. The van der Waals surface area contributed by atoms with Gasteiger partial charge in [0.25, 0.3) is 5.91 Å². The van der Waals surface area contributed by atoms with E-state index in [-0.39, 0.29) is 18.2 Å². The molecular formula is C21H21N5O3S. The molecule has 1 aromatic carbocycles.